The Morgan fingerprint density at radius 3 is 1.76 bits per heavy atom. The van der Waals surface area contributed by atoms with Crippen molar-refractivity contribution in [1.82, 2.24) is 5.06 Å². The maximum atomic E-state index is 12.3. The first kappa shape index (κ1) is 29.5. The molecule has 1 rings (SSSR count). The largest absolute Gasteiger partial charge is 0.462 e. The fraction of sp³-hybridized carbons (Fsp3) is 0.857. The molecule has 1 fully saturated rings. The summed E-state index contributed by atoms with van der Waals surface area (Å²) >= 11 is 0. The van der Waals surface area contributed by atoms with Crippen LogP contribution < -0.4 is 0 Å². The number of unbranched alkanes of at least 4 members (excludes halogenated alkanes) is 14. The minimum Gasteiger partial charge on any atom is -0.462 e. The Labute approximate surface area is 203 Å². The predicted molar refractivity (Wildman–Crippen MR) is 135 cm³/mol. The Bertz CT molecular complexity index is 572. The molecule has 0 aromatic heterocycles. The fourth-order valence-corrected chi connectivity index (χ4v) is 4.77. The van der Waals surface area contributed by atoms with E-state index < -0.39 is 5.54 Å². The third-order valence-corrected chi connectivity index (χ3v) is 6.53. The number of hydrogen-bond donors (Lipinski definition) is 0. The molecular formula is C28H51NO4. The van der Waals surface area contributed by atoms with Gasteiger partial charge in [0.1, 0.15) is 6.10 Å². The summed E-state index contributed by atoms with van der Waals surface area (Å²) in [5.74, 6) is -0.493. The van der Waals surface area contributed by atoms with Crippen molar-refractivity contribution in [3.8, 4) is 0 Å². The van der Waals surface area contributed by atoms with Crippen molar-refractivity contribution in [1.29, 1.82) is 0 Å². The number of piperidine rings is 1. The number of hydrogen-bond acceptors (Lipinski definition) is 5. The Kier molecular flexibility index (Phi) is 15.2. The zero-order valence-electron chi connectivity index (χ0n) is 22.1. The van der Waals surface area contributed by atoms with Gasteiger partial charge in [0, 0.05) is 31.9 Å². The molecule has 1 unspecified atom stereocenters. The van der Waals surface area contributed by atoms with Crippen LogP contribution >= 0.6 is 0 Å². The summed E-state index contributed by atoms with van der Waals surface area (Å²) in [7, 11) is 0. The van der Waals surface area contributed by atoms with Crippen LogP contribution in [0.4, 0.5) is 0 Å². The Morgan fingerprint density at radius 1 is 0.879 bits per heavy atom. The standard InChI is InChI=1S/C28H51NO4/c1-6-7-8-9-10-11-12-13-14-15-16-17-18-19-20-21-27(31)32-26-22-24(2)29(33-25(3)30)28(4,5)23-26/h26H,2,6-23H2,1,3-5H3. The molecule has 0 aromatic carbocycles. The third-order valence-electron chi connectivity index (χ3n) is 6.53. The second kappa shape index (κ2) is 17.0. The average Bonchev–Trinajstić information content (AvgIpc) is 2.73. The van der Waals surface area contributed by atoms with Gasteiger partial charge in [0.15, 0.2) is 0 Å². The summed E-state index contributed by atoms with van der Waals surface area (Å²) in [6, 6.07) is 0. The highest BCUT2D eigenvalue weighted by Crippen LogP contribution is 2.35. The molecule has 1 saturated heterocycles. The monoisotopic (exact) mass is 465 g/mol. The van der Waals surface area contributed by atoms with Crippen LogP contribution in [0.1, 0.15) is 143 Å². The van der Waals surface area contributed by atoms with Gasteiger partial charge in [-0.3, -0.25) is 9.59 Å². The van der Waals surface area contributed by atoms with Crippen molar-refractivity contribution in [2.75, 3.05) is 0 Å². The molecule has 33 heavy (non-hydrogen) atoms. The van der Waals surface area contributed by atoms with Gasteiger partial charge in [0.2, 0.25) is 0 Å². The molecule has 5 heteroatoms. The number of esters is 1. The number of carbonyl (C=O) groups excluding carboxylic acids is 2. The van der Waals surface area contributed by atoms with E-state index >= 15 is 0 Å². The van der Waals surface area contributed by atoms with Gasteiger partial charge in [-0.1, -0.05) is 103 Å². The second-order valence-electron chi connectivity index (χ2n) is 10.5. The van der Waals surface area contributed by atoms with Gasteiger partial charge in [-0.2, -0.15) is 0 Å². The van der Waals surface area contributed by atoms with E-state index in [0.29, 0.717) is 25.0 Å². The van der Waals surface area contributed by atoms with Gasteiger partial charge in [0.05, 0.1) is 5.54 Å². The smallest absolute Gasteiger partial charge is 0.329 e. The van der Waals surface area contributed by atoms with Crippen LogP contribution in [0.15, 0.2) is 12.3 Å². The van der Waals surface area contributed by atoms with Gasteiger partial charge < -0.3 is 9.57 Å². The van der Waals surface area contributed by atoms with Gasteiger partial charge >= 0.3 is 11.9 Å². The summed E-state index contributed by atoms with van der Waals surface area (Å²) in [4.78, 5) is 28.9. The number of rotatable bonds is 18. The second-order valence-corrected chi connectivity index (χ2v) is 10.5. The highest BCUT2D eigenvalue weighted by molar-refractivity contribution is 5.69. The zero-order valence-corrected chi connectivity index (χ0v) is 22.1. The molecule has 192 valence electrons. The van der Waals surface area contributed by atoms with E-state index in [2.05, 4.69) is 13.5 Å². The molecule has 0 aliphatic carbocycles. The highest BCUT2D eigenvalue weighted by Gasteiger charge is 2.40. The fourth-order valence-electron chi connectivity index (χ4n) is 4.77. The lowest BCUT2D eigenvalue weighted by molar-refractivity contribution is -0.215. The van der Waals surface area contributed by atoms with E-state index in [1.807, 2.05) is 13.8 Å². The molecule has 0 aromatic rings. The summed E-state index contributed by atoms with van der Waals surface area (Å²) in [6.45, 7) is 11.6. The lowest BCUT2D eigenvalue weighted by Gasteiger charge is -2.45. The van der Waals surface area contributed by atoms with Crippen molar-refractivity contribution in [2.24, 2.45) is 0 Å². The first-order valence-electron chi connectivity index (χ1n) is 13.6. The van der Waals surface area contributed by atoms with Crippen LogP contribution in [0.25, 0.3) is 0 Å². The molecule has 0 spiro atoms. The Morgan fingerprint density at radius 2 is 1.33 bits per heavy atom. The lowest BCUT2D eigenvalue weighted by Crippen LogP contribution is -2.51. The van der Waals surface area contributed by atoms with Crippen molar-refractivity contribution < 1.29 is 19.2 Å². The molecule has 0 N–H and O–H groups in total. The summed E-state index contributed by atoms with van der Waals surface area (Å²) in [5.41, 5.74) is 0.229. The van der Waals surface area contributed by atoms with E-state index in [1.165, 1.54) is 90.4 Å². The predicted octanol–water partition coefficient (Wildman–Crippen LogP) is 8.03. The van der Waals surface area contributed by atoms with Crippen LogP contribution in [-0.2, 0) is 19.2 Å². The van der Waals surface area contributed by atoms with Crippen LogP contribution in [0.2, 0.25) is 0 Å². The molecule has 0 radical (unpaired) electrons. The molecular weight excluding hydrogens is 414 g/mol. The molecule has 1 aliphatic heterocycles. The molecule has 1 aliphatic rings. The van der Waals surface area contributed by atoms with Gasteiger partial charge in [0.25, 0.3) is 0 Å². The van der Waals surface area contributed by atoms with Crippen molar-refractivity contribution in [3.05, 3.63) is 12.3 Å². The Hall–Kier alpha value is -1.52. The SMILES string of the molecule is C=C1CC(OC(=O)CCCCCCCCCCCCCCCCC)CC(C)(C)N1OC(C)=O. The minimum atomic E-state index is -0.444. The number of nitrogens with zero attached hydrogens (tertiary/aromatic N) is 1. The first-order chi connectivity index (χ1) is 15.8. The van der Waals surface area contributed by atoms with Crippen LogP contribution in [-0.4, -0.2) is 28.6 Å². The summed E-state index contributed by atoms with van der Waals surface area (Å²) < 4.78 is 5.70. The van der Waals surface area contributed by atoms with Crippen LogP contribution in [0.5, 0.6) is 0 Å². The van der Waals surface area contributed by atoms with E-state index in [4.69, 9.17) is 9.57 Å². The number of carbonyl (C=O) groups is 2. The molecule has 0 bridgehead atoms. The van der Waals surface area contributed by atoms with Gasteiger partial charge in [-0.15, -0.1) is 0 Å². The number of hydroxylamine groups is 2. The minimum absolute atomic E-state index is 0.126. The van der Waals surface area contributed by atoms with E-state index in [9.17, 15) is 9.59 Å². The van der Waals surface area contributed by atoms with Crippen molar-refractivity contribution in [3.63, 3.8) is 0 Å². The quantitative estimate of drug-likeness (QED) is 0.151. The van der Waals surface area contributed by atoms with Crippen LogP contribution in [0.3, 0.4) is 0 Å². The third kappa shape index (κ3) is 13.7. The molecule has 1 heterocycles. The molecule has 0 saturated carbocycles. The van der Waals surface area contributed by atoms with E-state index in [-0.39, 0.29) is 18.0 Å². The van der Waals surface area contributed by atoms with E-state index in [1.54, 1.807) is 5.06 Å². The van der Waals surface area contributed by atoms with Gasteiger partial charge in [-0.25, -0.2) is 5.06 Å². The topological polar surface area (TPSA) is 55.8 Å². The summed E-state index contributed by atoms with van der Waals surface area (Å²) in [5, 5.41) is 1.56. The maximum absolute atomic E-state index is 12.3. The zero-order chi connectivity index (χ0) is 24.5. The lowest BCUT2D eigenvalue weighted by atomic mass is 9.89. The normalized spacial score (nSPS) is 17.8. The summed E-state index contributed by atoms with van der Waals surface area (Å²) in [6.07, 6.45) is 21.1. The highest BCUT2D eigenvalue weighted by atomic mass is 16.7. The average molecular weight is 466 g/mol. The van der Waals surface area contributed by atoms with Crippen LogP contribution in [0, 0.1) is 0 Å². The maximum Gasteiger partial charge on any atom is 0.329 e. The van der Waals surface area contributed by atoms with Crippen molar-refractivity contribution >= 4 is 11.9 Å². The van der Waals surface area contributed by atoms with E-state index in [0.717, 1.165) is 12.8 Å². The van der Waals surface area contributed by atoms with Crippen molar-refractivity contribution in [2.45, 2.75) is 155 Å². The first-order valence-corrected chi connectivity index (χ1v) is 13.6. The molecule has 0 amide bonds. The molecule has 1 atom stereocenters. The van der Waals surface area contributed by atoms with Gasteiger partial charge in [-0.05, 0) is 20.3 Å². The number of ether oxygens (including phenoxy) is 1. The molecule has 5 nitrogen and oxygen atoms in total. The Balaban J connectivity index is 2.00.